The largest absolute Gasteiger partial charge is 0.353 e. The van der Waals surface area contributed by atoms with Crippen LogP contribution in [0.4, 0.5) is 0 Å². The third-order valence-electron chi connectivity index (χ3n) is 2.29. The topological polar surface area (TPSA) is 70.2 Å². The zero-order chi connectivity index (χ0) is 14.3. The molecule has 5 nitrogen and oxygen atoms in total. The third kappa shape index (κ3) is 6.43. The Bertz CT molecular complexity index is 469. The molecular formula is C12H16Cl3N3O2. The normalized spacial score (nSPS) is 9.55. The monoisotopic (exact) mass is 339 g/mol. The molecule has 2 amide bonds. The number of likely N-dealkylation sites (N-methyl/N-ethyl adjacent to an activating group) is 1. The van der Waals surface area contributed by atoms with Crippen molar-refractivity contribution in [3.05, 3.63) is 33.8 Å². The highest BCUT2D eigenvalue weighted by molar-refractivity contribution is 6.42. The van der Waals surface area contributed by atoms with Gasteiger partial charge in [0.2, 0.25) is 5.91 Å². The summed E-state index contributed by atoms with van der Waals surface area (Å²) in [6, 6.07) is 4.53. The molecular weight excluding hydrogens is 325 g/mol. The van der Waals surface area contributed by atoms with E-state index in [1.807, 2.05) is 0 Å². The number of hydrogen-bond donors (Lipinski definition) is 3. The van der Waals surface area contributed by atoms with Gasteiger partial charge in [0.05, 0.1) is 16.6 Å². The maximum atomic E-state index is 11.7. The smallest absolute Gasteiger partial charge is 0.251 e. The van der Waals surface area contributed by atoms with Crippen LogP contribution in [0.2, 0.25) is 10.0 Å². The molecule has 0 radical (unpaired) electrons. The van der Waals surface area contributed by atoms with Crippen molar-refractivity contribution in [2.45, 2.75) is 0 Å². The number of nitrogens with one attached hydrogen (secondary N) is 3. The average Bonchev–Trinajstić information content (AvgIpc) is 2.39. The first kappa shape index (κ1) is 19.0. The van der Waals surface area contributed by atoms with Crippen molar-refractivity contribution in [3.63, 3.8) is 0 Å². The summed E-state index contributed by atoms with van der Waals surface area (Å²) < 4.78 is 0. The van der Waals surface area contributed by atoms with Crippen molar-refractivity contribution in [1.82, 2.24) is 16.0 Å². The van der Waals surface area contributed by atoms with E-state index in [4.69, 9.17) is 23.2 Å². The molecule has 1 rings (SSSR count). The zero-order valence-electron chi connectivity index (χ0n) is 10.8. The van der Waals surface area contributed by atoms with E-state index < -0.39 is 0 Å². The van der Waals surface area contributed by atoms with E-state index in [0.717, 1.165) is 0 Å². The molecule has 0 aromatic heterocycles. The number of carbonyl (C=O) groups is 2. The molecule has 0 fully saturated rings. The lowest BCUT2D eigenvalue weighted by Gasteiger charge is -2.07. The fraction of sp³-hybridized carbons (Fsp3) is 0.333. The quantitative estimate of drug-likeness (QED) is 0.687. The van der Waals surface area contributed by atoms with E-state index in [9.17, 15) is 9.59 Å². The first-order chi connectivity index (χ1) is 9.04. The second-order valence-corrected chi connectivity index (χ2v) is 4.58. The minimum absolute atomic E-state index is 0. The SMILES string of the molecule is CNCCNC(=O)CNC(=O)c1ccc(Cl)c(Cl)c1.Cl. The van der Waals surface area contributed by atoms with Crippen molar-refractivity contribution < 1.29 is 9.59 Å². The zero-order valence-corrected chi connectivity index (χ0v) is 13.2. The van der Waals surface area contributed by atoms with E-state index in [0.29, 0.717) is 28.7 Å². The lowest BCUT2D eigenvalue weighted by Crippen LogP contribution is -2.39. The van der Waals surface area contributed by atoms with Crippen molar-refractivity contribution in [3.8, 4) is 0 Å². The molecule has 1 aromatic rings. The van der Waals surface area contributed by atoms with E-state index in [2.05, 4.69) is 16.0 Å². The third-order valence-corrected chi connectivity index (χ3v) is 3.03. The number of amides is 2. The summed E-state index contributed by atoms with van der Waals surface area (Å²) in [5.41, 5.74) is 0.359. The summed E-state index contributed by atoms with van der Waals surface area (Å²) in [5, 5.41) is 8.72. The molecule has 8 heteroatoms. The van der Waals surface area contributed by atoms with Gasteiger partial charge in [0.25, 0.3) is 5.91 Å². The first-order valence-electron chi connectivity index (χ1n) is 5.69. The maximum absolute atomic E-state index is 11.7. The lowest BCUT2D eigenvalue weighted by molar-refractivity contribution is -0.120. The van der Waals surface area contributed by atoms with Crippen LogP contribution >= 0.6 is 35.6 Å². The van der Waals surface area contributed by atoms with Crippen molar-refractivity contribution in [2.24, 2.45) is 0 Å². The van der Waals surface area contributed by atoms with Crippen molar-refractivity contribution in [1.29, 1.82) is 0 Å². The molecule has 20 heavy (non-hydrogen) atoms. The number of halogens is 3. The van der Waals surface area contributed by atoms with Gasteiger partial charge < -0.3 is 16.0 Å². The summed E-state index contributed by atoms with van der Waals surface area (Å²) in [6.45, 7) is 1.10. The molecule has 0 aliphatic carbocycles. The number of benzene rings is 1. The number of hydrogen-bond acceptors (Lipinski definition) is 3. The maximum Gasteiger partial charge on any atom is 0.251 e. The summed E-state index contributed by atoms with van der Waals surface area (Å²) in [4.78, 5) is 23.1. The second-order valence-electron chi connectivity index (χ2n) is 3.77. The van der Waals surface area contributed by atoms with Crippen LogP contribution in [0.5, 0.6) is 0 Å². The van der Waals surface area contributed by atoms with Gasteiger partial charge in [0.1, 0.15) is 0 Å². The van der Waals surface area contributed by atoms with Crippen LogP contribution in [0.1, 0.15) is 10.4 Å². The Hall–Kier alpha value is -1.01. The summed E-state index contributed by atoms with van der Waals surface area (Å²) in [6.07, 6.45) is 0. The number of carbonyl (C=O) groups excluding carboxylic acids is 2. The lowest BCUT2D eigenvalue weighted by atomic mass is 10.2. The van der Waals surface area contributed by atoms with Crippen LogP contribution < -0.4 is 16.0 Å². The summed E-state index contributed by atoms with van der Waals surface area (Å²) in [7, 11) is 1.79. The fourth-order valence-electron chi connectivity index (χ4n) is 1.29. The molecule has 0 spiro atoms. The molecule has 0 bridgehead atoms. The molecule has 0 atom stereocenters. The highest BCUT2D eigenvalue weighted by atomic mass is 35.5. The van der Waals surface area contributed by atoms with Gasteiger partial charge in [0.15, 0.2) is 0 Å². The Morgan fingerprint density at radius 2 is 1.80 bits per heavy atom. The molecule has 0 aliphatic rings. The van der Waals surface area contributed by atoms with Gasteiger partial charge in [-0.15, -0.1) is 12.4 Å². The Kier molecular flexibility index (Phi) is 9.33. The molecule has 112 valence electrons. The molecule has 0 saturated carbocycles. The predicted molar refractivity (Wildman–Crippen MR) is 83.0 cm³/mol. The molecule has 3 N–H and O–H groups in total. The van der Waals surface area contributed by atoms with E-state index >= 15 is 0 Å². The predicted octanol–water partition coefficient (Wildman–Crippen LogP) is 1.48. The van der Waals surface area contributed by atoms with E-state index in [-0.39, 0.29) is 30.8 Å². The Morgan fingerprint density at radius 1 is 1.10 bits per heavy atom. The average molecular weight is 341 g/mol. The van der Waals surface area contributed by atoms with Gasteiger partial charge in [-0.05, 0) is 25.2 Å². The molecule has 0 heterocycles. The van der Waals surface area contributed by atoms with Crippen LogP contribution in [0.25, 0.3) is 0 Å². The Balaban J connectivity index is 0.00000361. The van der Waals surface area contributed by atoms with Crippen LogP contribution in [0.15, 0.2) is 18.2 Å². The van der Waals surface area contributed by atoms with Gasteiger partial charge in [0, 0.05) is 18.7 Å². The van der Waals surface area contributed by atoms with Crippen LogP contribution in [-0.4, -0.2) is 38.5 Å². The fourth-order valence-corrected chi connectivity index (χ4v) is 1.59. The van der Waals surface area contributed by atoms with Gasteiger partial charge in [-0.1, -0.05) is 23.2 Å². The van der Waals surface area contributed by atoms with Gasteiger partial charge >= 0.3 is 0 Å². The van der Waals surface area contributed by atoms with Crippen molar-refractivity contribution in [2.75, 3.05) is 26.7 Å². The highest BCUT2D eigenvalue weighted by Crippen LogP contribution is 2.22. The Labute approximate surface area is 133 Å². The molecule has 1 aromatic carbocycles. The number of rotatable bonds is 6. The highest BCUT2D eigenvalue weighted by Gasteiger charge is 2.09. The minimum atomic E-state index is -0.373. The summed E-state index contributed by atoms with van der Waals surface area (Å²) >= 11 is 11.6. The standard InChI is InChI=1S/C12H15Cl2N3O2.ClH/c1-15-4-5-16-11(18)7-17-12(19)8-2-3-9(13)10(14)6-8;/h2-3,6,15H,4-5,7H2,1H3,(H,16,18)(H,17,19);1H. The molecule has 0 aliphatic heterocycles. The van der Waals surface area contributed by atoms with Gasteiger partial charge in [-0.2, -0.15) is 0 Å². The van der Waals surface area contributed by atoms with E-state index in [1.54, 1.807) is 13.1 Å². The van der Waals surface area contributed by atoms with Crippen molar-refractivity contribution >= 4 is 47.4 Å². The van der Waals surface area contributed by atoms with Crippen LogP contribution in [0, 0.1) is 0 Å². The van der Waals surface area contributed by atoms with Gasteiger partial charge in [-0.3, -0.25) is 9.59 Å². The summed E-state index contributed by atoms with van der Waals surface area (Å²) in [5.74, 6) is -0.619. The van der Waals surface area contributed by atoms with Crippen LogP contribution in [0.3, 0.4) is 0 Å². The molecule has 0 saturated heterocycles. The minimum Gasteiger partial charge on any atom is -0.353 e. The van der Waals surface area contributed by atoms with Gasteiger partial charge in [-0.25, -0.2) is 0 Å². The molecule has 0 unspecified atom stereocenters. The second kappa shape index (κ2) is 9.83. The Morgan fingerprint density at radius 3 is 2.40 bits per heavy atom. The van der Waals surface area contributed by atoms with Crippen LogP contribution in [-0.2, 0) is 4.79 Å². The first-order valence-corrected chi connectivity index (χ1v) is 6.44. The van der Waals surface area contributed by atoms with E-state index in [1.165, 1.54) is 12.1 Å².